The van der Waals surface area contributed by atoms with Crippen LogP contribution in [-0.4, -0.2) is 54.4 Å². The van der Waals surface area contributed by atoms with Gasteiger partial charge in [0.05, 0.1) is 12.7 Å². The molecule has 2 amide bonds. The minimum absolute atomic E-state index is 0.0995. The minimum atomic E-state index is -0.805. The lowest BCUT2D eigenvalue weighted by atomic mass is 9.51. The van der Waals surface area contributed by atoms with Gasteiger partial charge in [-0.1, -0.05) is 6.07 Å². The molecule has 1 aliphatic heterocycles. The molecule has 166 valence electrons. The normalized spacial score (nSPS) is 34.3. The first kappa shape index (κ1) is 21.4. The number of nitrogens with two attached hydrogens (primary N) is 1. The number of methoxy groups -OCH3 is 1. The number of aliphatic hydroxyl groups is 1. The molecule has 6 heteroatoms. The lowest BCUT2D eigenvalue weighted by molar-refractivity contribution is -0.163. The average Bonchev–Trinajstić information content (AvgIpc) is 3.54. The first-order valence-electron chi connectivity index (χ1n) is 11.4. The van der Waals surface area contributed by atoms with E-state index in [0.717, 1.165) is 50.4 Å². The highest BCUT2D eigenvalue weighted by molar-refractivity contribution is 5.71. The van der Waals surface area contributed by atoms with Crippen molar-refractivity contribution in [2.24, 2.45) is 17.6 Å². The van der Waals surface area contributed by atoms with Crippen LogP contribution in [0.2, 0.25) is 0 Å². The summed E-state index contributed by atoms with van der Waals surface area (Å²) >= 11 is 0. The van der Waals surface area contributed by atoms with Gasteiger partial charge in [0.15, 0.2) is 0 Å². The van der Waals surface area contributed by atoms with Gasteiger partial charge in [0.2, 0.25) is 0 Å². The fourth-order valence-corrected chi connectivity index (χ4v) is 6.21. The van der Waals surface area contributed by atoms with Crippen LogP contribution in [0.15, 0.2) is 18.2 Å². The Morgan fingerprint density at radius 1 is 1.30 bits per heavy atom. The van der Waals surface area contributed by atoms with Crippen molar-refractivity contribution in [2.45, 2.75) is 69.4 Å². The second-order valence-electron chi connectivity index (χ2n) is 9.91. The van der Waals surface area contributed by atoms with Crippen LogP contribution in [0.3, 0.4) is 0 Å². The molecule has 0 unspecified atom stereocenters. The highest BCUT2D eigenvalue weighted by Gasteiger charge is 2.61. The summed E-state index contributed by atoms with van der Waals surface area (Å²) in [5.41, 5.74) is 6.58. The SMILES string of the molecule is COc1ccc(C)c([C@]23CCN(CC4CC4)[C@H](C)[C@]2(O)CC[C@@H](CNC(N)=O)C3)c1. The Hall–Kier alpha value is -1.79. The highest BCUT2D eigenvalue weighted by atomic mass is 16.5. The van der Waals surface area contributed by atoms with E-state index < -0.39 is 11.6 Å². The van der Waals surface area contributed by atoms with E-state index in [1.807, 2.05) is 6.07 Å². The van der Waals surface area contributed by atoms with Crippen LogP contribution in [0.25, 0.3) is 0 Å². The molecule has 0 bridgehead atoms. The number of carbonyl (C=O) groups is 1. The number of carbonyl (C=O) groups excluding carboxylic acids is 1. The fourth-order valence-electron chi connectivity index (χ4n) is 6.21. The number of benzene rings is 1. The molecule has 1 aromatic carbocycles. The summed E-state index contributed by atoms with van der Waals surface area (Å²) < 4.78 is 5.56. The van der Waals surface area contributed by atoms with Crippen LogP contribution >= 0.6 is 0 Å². The number of primary amides is 1. The molecule has 4 atom stereocenters. The Bertz CT molecular complexity index is 796. The van der Waals surface area contributed by atoms with Crippen molar-refractivity contribution in [3.05, 3.63) is 29.3 Å². The number of aryl methyl sites for hydroxylation is 1. The number of nitrogens with zero attached hydrogens (tertiary/aromatic N) is 1. The largest absolute Gasteiger partial charge is 0.497 e. The summed E-state index contributed by atoms with van der Waals surface area (Å²) in [5, 5.41) is 15.2. The third-order valence-electron chi connectivity index (χ3n) is 8.18. The Morgan fingerprint density at radius 2 is 2.07 bits per heavy atom. The topological polar surface area (TPSA) is 87.8 Å². The summed E-state index contributed by atoms with van der Waals surface area (Å²) in [4.78, 5) is 13.8. The maximum absolute atomic E-state index is 12.4. The van der Waals surface area contributed by atoms with Crippen molar-refractivity contribution >= 4 is 6.03 Å². The maximum atomic E-state index is 12.4. The molecule has 30 heavy (non-hydrogen) atoms. The predicted octanol–water partition coefficient (Wildman–Crippen LogP) is 2.95. The zero-order valence-electron chi connectivity index (χ0n) is 18.6. The molecule has 1 heterocycles. The van der Waals surface area contributed by atoms with Gasteiger partial charge < -0.3 is 20.9 Å². The Kier molecular flexibility index (Phi) is 5.75. The molecule has 4 N–H and O–H groups in total. The van der Waals surface area contributed by atoms with Crippen LogP contribution < -0.4 is 15.8 Å². The summed E-state index contributed by atoms with van der Waals surface area (Å²) in [5.74, 6) is 1.93. The lowest BCUT2D eigenvalue weighted by Crippen LogP contribution is -2.70. The standard InChI is InChI=1S/C24H37N3O3/c1-16-4-7-20(30-3)12-21(16)23-10-11-27(15-18-5-6-18)17(2)24(23,29)9-8-19(13-23)14-26-22(25)28/h4,7,12,17-19,29H,5-6,8-11,13-15H2,1-3H3,(H3,25,26,28)/t17-,19-,23-,24-/m1/s1. The number of hydrogen-bond acceptors (Lipinski definition) is 4. The van der Waals surface area contributed by atoms with Crippen LogP contribution in [0.5, 0.6) is 5.75 Å². The third-order valence-corrected chi connectivity index (χ3v) is 8.18. The first-order valence-corrected chi connectivity index (χ1v) is 11.4. The number of likely N-dealkylation sites (tertiary alicyclic amines) is 1. The fraction of sp³-hybridized carbons (Fsp3) is 0.708. The number of piperidine rings is 1. The molecule has 6 nitrogen and oxygen atoms in total. The number of ether oxygens (including phenoxy) is 1. The minimum Gasteiger partial charge on any atom is -0.497 e. The molecule has 0 aromatic heterocycles. The summed E-state index contributed by atoms with van der Waals surface area (Å²) in [6, 6.07) is 5.86. The first-order chi connectivity index (χ1) is 14.3. The summed E-state index contributed by atoms with van der Waals surface area (Å²) in [7, 11) is 1.69. The van der Waals surface area contributed by atoms with E-state index in [1.165, 1.54) is 24.0 Å². The predicted molar refractivity (Wildman–Crippen MR) is 118 cm³/mol. The van der Waals surface area contributed by atoms with Crippen LogP contribution in [0.1, 0.15) is 56.6 Å². The van der Waals surface area contributed by atoms with Gasteiger partial charge in [-0.25, -0.2) is 4.79 Å². The summed E-state index contributed by atoms with van der Waals surface area (Å²) in [6.45, 7) is 7.01. The van der Waals surface area contributed by atoms with Gasteiger partial charge in [0.25, 0.3) is 0 Å². The zero-order valence-corrected chi connectivity index (χ0v) is 18.6. The second-order valence-corrected chi connectivity index (χ2v) is 9.91. The summed E-state index contributed by atoms with van der Waals surface area (Å²) in [6.07, 6.45) is 6.03. The number of amides is 2. The van der Waals surface area contributed by atoms with Crippen molar-refractivity contribution in [1.29, 1.82) is 0 Å². The maximum Gasteiger partial charge on any atom is 0.312 e. The third kappa shape index (κ3) is 3.69. The van der Waals surface area contributed by atoms with Gasteiger partial charge >= 0.3 is 6.03 Å². The molecule has 0 radical (unpaired) electrons. The van der Waals surface area contributed by atoms with Gasteiger partial charge in [0.1, 0.15) is 5.75 Å². The Labute approximate surface area is 180 Å². The molecule has 2 saturated carbocycles. The molecular formula is C24H37N3O3. The Morgan fingerprint density at radius 3 is 2.73 bits per heavy atom. The lowest BCUT2D eigenvalue weighted by Gasteiger charge is -2.61. The molecule has 2 aliphatic carbocycles. The number of fused-ring (bicyclic) bond motifs is 1. The molecule has 0 spiro atoms. The van der Waals surface area contributed by atoms with E-state index >= 15 is 0 Å². The molecule has 3 fully saturated rings. The molecule has 4 rings (SSSR count). The molecular weight excluding hydrogens is 378 g/mol. The van der Waals surface area contributed by atoms with Crippen molar-refractivity contribution < 1.29 is 14.6 Å². The number of urea groups is 1. The van der Waals surface area contributed by atoms with E-state index in [4.69, 9.17) is 10.5 Å². The van der Waals surface area contributed by atoms with Gasteiger partial charge in [0, 0.05) is 24.5 Å². The quantitative estimate of drug-likeness (QED) is 0.667. The van der Waals surface area contributed by atoms with Gasteiger partial charge in [-0.15, -0.1) is 0 Å². The van der Waals surface area contributed by atoms with Gasteiger partial charge in [-0.2, -0.15) is 0 Å². The molecule has 1 aromatic rings. The Balaban J connectivity index is 1.72. The van der Waals surface area contributed by atoms with E-state index in [1.54, 1.807) is 7.11 Å². The van der Waals surface area contributed by atoms with Crippen molar-refractivity contribution in [3.8, 4) is 5.75 Å². The van der Waals surface area contributed by atoms with Crippen molar-refractivity contribution in [1.82, 2.24) is 10.2 Å². The van der Waals surface area contributed by atoms with Gasteiger partial charge in [-0.3, -0.25) is 4.90 Å². The second kappa shape index (κ2) is 8.04. The smallest absolute Gasteiger partial charge is 0.312 e. The van der Waals surface area contributed by atoms with Crippen molar-refractivity contribution in [3.63, 3.8) is 0 Å². The van der Waals surface area contributed by atoms with Gasteiger partial charge in [-0.05, 0) is 94.0 Å². The number of nitrogens with one attached hydrogen (secondary N) is 1. The van der Waals surface area contributed by atoms with Crippen LogP contribution in [0, 0.1) is 18.8 Å². The molecule has 3 aliphatic rings. The number of rotatable bonds is 6. The highest BCUT2D eigenvalue weighted by Crippen LogP contribution is 2.56. The monoisotopic (exact) mass is 415 g/mol. The number of hydrogen-bond donors (Lipinski definition) is 3. The molecule has 1 saturated heterocycles. The van der Waals surface area contributed by atoms with E-state index in [9.17, 15) is 9.90 Å². The van der Waals surface area contributed by atoms with E-state index in [0.29, 0.717) is 12.5 Å². The van der Waals surface area contributed by atoms with Crippen LogP contribution in [-0.2, 0) is 5.41 Å². The average molecular weight is 416 g/mol. The zero-order chi connectivity index (χ0) is 21.5. The van der Waals surface area contributed by atoms with Crippen molar-refractivity contribution in [2.75, 3.05) is 26.7 Å². The van der Waals surface area contributed by atoms with E-state index in [-0.39, 0.29) is 11.5 Å². The van der Waals surface area contributed by atoms with Crippen LogP contribution in [0.4, 0.5) is 4.79 Å². The van der Waals surface area contributed by atoms with E-state index in [2.05, 4.69) is 36.2 Å².